The van der Waals surface area contributed by atoms with Crippen molar-refractivity contribution < 1.29 is 4.74 Å². The molecule has 0 heterocycles. The number of hydrogen-bond acceptors (Lipinski definition) is 3. The zero-order valence-electron chi connectivity index (χ0n) is 7.55. The first kappa shape index (κ1) is 9.32. The summed E-state index contributed by atoms with van der Waals surface area (Å²) < 4.78 is 5.61. The lowest BCUT2D eigenvalue weighted by atomic mass is 10.0. The molecule has 0 aliphatic heterocycles. The van der Waals surface area contributed by atoms with Gasteiger partial charge in [0.1, 0.15) is 5.60 Å². The Kier molecular flexibility index (Phi) is 2.92. The molecule has 12 heavy (non-hydrogen) atoms. The van der Waals surface area contributed by atoms with Crippen molar-refractivity contribution in [1.29, 1.82) is 0 Å². The number of hydrogen-bond donors (Lipinski definition) is 2. The van der Waals surface area contributed by atoms with Crippen molar-refractivity contribution in [2.24, 2.45) is 16.7 Å². The summed E-state index contributed by atoms with van der Waals surface area (Å²) in [7, 11) is 0. The molecule has 0 aromatic heterocycles. The Morgan fingerprint density at radius 2 is 2.08 bits per heavy atom. The molecule has 0 atom stereocenters. The minimum atomic E-state index is -0.344. The van der Waals surface area contributed by atoms with Gasteiger partial charge in [-0.05, 0) is 32.6 Å². The Labute approximate surface area is 72.9 Å². The van der Waals surface area contributed by atoms with E-state index in [0.717, 1.165) is 25.7 Å². The molecular formula is C8H17N3O. The highest BCUT2D eigenvalue weighted by atomic mass is 16.5. The van der Waals surface area contributed by atoms with Crippen LogP contribution in [0, 0.1) is 0 Å². The molecule has 0 aromatic rings. The first-order chi connectivity index (χ1) is 5.75. The van der Waals surface area contributed by atoms with E-state index in [1.54, 1.807) is 0 Å². The van der Waals surface area contributed by atoms with E-state index in [2.05, 4.69) is 5.10 Å². The van der Waals surface area contributed by atoms with E-state index in [1.807, 2.05) is 6.92 Å². The molecule has 1 fully saturated rings. The number of hydrazone groups is 1. The van der Waals surface area contributed by atoms with E-state index >= 15 is 0 Å². The molecule has 1 aliphatic carbocycles. The monoisotopic (exact) mass is 171 g/mol. The summed E-state index contributed by atoms with van der Waals surface area (Å²) in [5, 5.41) is 3.53. The van der Waals surface area contributed by atoms with Gasteiger partial charge < -0.3 is 16.3 Å². The van der Waals surface area contributed by atoms with Crippen LogP contribution in [0.2, 0.25) is 0 Å². The van der Waals surface area contributed by atoms with Crippen LogP contribution in [0.3, 0.4) is 0 Å². The Hall–Kier alpha value is -0.770. The number of ether oxygens (including phenoxy) is 1. The summed E-state index contributed by atoms with van der Waals surface area (Å²) in [6.45, 7) is 2.63. The molecule has 70 valence electrons. The van der Waals surface area contributed by atoms with Crippen molar-refractivity contribution in [3.63, 3.8) is 0 Å². The molecule has 0 saturated heterocycles. The third kappa shape index (κ3) is 1.53. The smallest absolute Gasteiger partial charge is 0.151 e. The van der Waals surface area contributed by atoms with E-state index in [1.165, 1.54) is 0 Å². The fraction of sp³-hybridized carbons (Fsp3) is 0.875. The first-order valence-corrected chi connectivity index (χ1v) is 4.43. The molecule has 0 radical (unpaired) electrons. The highest BCUT2D eigenvalue weighted by Gasteiger charge is 2.38. The van der Waals surface area contributed by atoms with Gasteiger partial charge in [-0.15, -0.1) is 0 Å². The third-order valence-corrected chi connectivity index (χ3v) is 2.44. The van der Waals surface area contributed by atoms with E-state index in [4.69, 9.17) is 16.3 Å². The zero-order chi connectivity index (χ0) is 9.03. The van der Waals surface area contributed by atoms with Gasteiger partial charge in [-0.1, -0.05) is 0 Å². The second-order valence-electron chi connectivity index (χ2n) is 3.15. The van der Waals surface area contributed by atoms with Gasteiger partial charge in [0.05, 0.1) is 0 Å². The van der Waals surface area contributed by atoms with Gasteiger partial charge in [0.15, 0.2) is 5.84 Å². The number of rotatable bonds is 3. The molecule has 1 rings (SSSR count). The largest absolute Gasteiger partial charge is 0.383 e. The van der Waals surface area contributed by atoms with Gasteiger partial charge in [0, 0.05) is 6.61 Å². The van der Waals surface area contributed by atoms with Gasteiger partial charge in [-0.3, -0.25) is 0 Å². The lowest BCUT2D eigenvalue weighted by Gasteiger charge is -2.27. The fourth-order valence-electron chi connectivity index (χ4n) is 1.81. The molecule has 4 N–H and O–H groups in total. The maximum atomic E-state index is 5.70. The Morgan fingerprint density at radius 1 is 1.50 bits per heavy atom. The van der Waals surface area contributed by atoms with E-state index in [9.17, 15) is 0 Å². The zero-order valence-corrected chi connectivity index (χ0v) is 7.55. The molecular weight excluding hydrogens is 154 g/mol. The summed E-state index contributed by atoms with van der Waals surface area (Å²) in [4.78, 5) is 0. The molecule has 0 bridgehead atoms. The van der Waals surface area contributed by atoms with Crippen molar-refractivity contribution in [2.45, 2.75) is 38.2 Å². The van der Waals surface area contributed by atoms with Crippen molar-refractivity contribution in [1.82, 2.24) is 0 Å². The molecule has 0 unspecified atom stereocenters. The molecule has 0 aromatic carbocycles. The average Bonchev–Trinajstić information content (AvgIpc) is 2.53. The SMILES string of the molecule is CCOC1(C(N)=NN)CCCC1. The standard InChI is InChI=1S/C8H17N3O/c1-2-12-8(7(9)11-10)5-3-4-6-8/h2-6,10H2,1H3,(H2,9,11). The minimum absolute atomic E-state index is 0.344. The molecule has 4 nitrogen and oxygen atoms in total. The quantitative estimate of drug-likeness (QED) is 0.282. The van der Waals surface area contributed by atoms with Crippen molar-refractivity contribution in [2.75, 3.05) is 6.61 Å². The van der Waals surface area contributed by atoms with E-state index in [-0.39, 0.29) is 5.60 Å². The van der Waals surface area contributed by atoms with Crippen LogP contribution in [0.25, 0.3) is 0 Å². The molecule has 0 amide bonds. The molecule has 1 saturated carbocycles. The maximum Gasteiger partial charge on any atom is 0.151 e. The highest BCUT2D eigenvalue weighted by Crippen LogP contribution is 2.33. The van der Waals surface area contributed by atoms with Crippen LogP contribution in [0.4, 0.5) is 0 Å². The van der Waals surface area contributed by atoms with Crippen LogP contribution in [-0.4, -0.2) is 18.0 Å². The molecule has 4 heteroatoms. The van der Waals surface area contributed by atoms with Crippen molar-refractivity contribution in [3.05, 3.63) is 0 Å². The van der Waals surface area contributed by atoms with Crippen LogP contribution in [0.5, 0.6) is 0 Å². The minimum Gasteiger partial charge on any atom is -0.383 e. The van der Waals surface area contributed by atoms with Gasteiger partial charge in [0.2, 0.25) is 0 Å². The summed E-state index contributed by atoms with van der Waals surface area (Å²) >= 11 is 0. The van der Waals surface area contributed by atoms with Gasteiger partial charge in [-0.25, -0.2) is 0 Å². The van der Waals surface area contributed by atoms with Crippen LogP contribution in [0.1, 0.15) is 32.6 Å². The fourth-order valence-corrected chi connectivity index (χ4v) is 1.81. The van der Waals surface area contributed by atoms with Crippen LogP contribution in [0.15, 0.2) is 5.10 Å². The number of nitrogens with zero attached hydrogens (tertiary/aromatic N) is 1. The first-order valence-electron chi connectivity index (χ1n) is 4.43. The van der Waals surface area contributed by atoms with Crippen molar-refractivity contribution in [3.8, 4) is 0 Å². The topological polar surface area (TPSA) is 73.6 Å². The predicted octanol–water partition coefficient (Wildman–Crippen LogP) is 0.567. The third-order valence-electron chi connectivity index (χ3n) is 2.44. The van der Waals surface area contributed by atoms with Crippen LogP contribution < -0.4 is 11.6 Å². The van der Waals surface area contributed by atoms with Gasteiger partial charge in [0.25, 0.3) is 0 Å². The van der Waals surface area contributed by atoms with E-state index < -0.39 is 0 Å². The van der Waals surface area contributed by atoms with Crippen LogP contribution >= 0.6 is 0 Å². The molecule has 1 aliphatic rings. The highest BCUT2D eigenvalue weighted by molar-refractivity contribution is 5.89. The average molecular weight is 171 g/mol. The van der Waals surface area contributed by atoms with Gasteiger partial charge >= 0.3 is 0 Å². The lowest BCUT2D eigenvalue weighted by molar-refractivity contribution is 0.0197. The summed E-state index contributed by atoms with van der Waals surface area (Å²) in [6, 6.07) is 0. The Balaban J connectivity index is 2.71. The Morgan fingerprint density at radius 3 is 2.50 bits per heavy atom. The number of nitrogens with two attached hydrogens (primary N) is 2. The lowest BCUT2D eigenvalue weighted by Crippen LogP contribution is -2.44. The summed E-state index contributed by atoms with van der Waals surface area (Å²) in [5.74, 6) is 5.60. The number of amidine groups is 1. The van der Waals surface area contributed by atoms with Crippen LogP contribution in [-0.2, 0) is 4.74 Å². The maximum absolute atomic E-state index is 5.70. The second-order valence-corrected chi connectivity index (χ2v) is 3.15. The van der Waals surface area contributed by atoms with Crippen molar-refractivity contribution >= 4 is 5.84 Å². The predicted molar refractivity (Wildman–Crippen MR) is 48.6 cm³/mol. The normalized spacial score (nSPS) is 22.9. The second kappa shape index (κ2) is 3.76. The van der Waals surface area contributed by atoms with E-state index in [0.29, 0.717) is 12.4 Å². The molecule has 0 spiro atoms. The summed E-state index contributed by atoms with van der Waals surface area (Å²) in [5.41, 5.74) is 5.36. The van der Waals surface area contributed by atoms with Gasteiger partial charge in [-0.2, -0.15) is 5.10 Å². The Bertz CT molecular complexity index is 173. The summed E-state index contributed by atoms with van der Waals surface area (Å²) in [6.07, 6.45) is 4.20.